The van der Waals surface area contributed by atoms with E-state index in [4.69, 9.17) is 10.8 Å². The summed E-state index contributed by atoms with van der Waals surface area (Å²) in [7, 11) is 0. The SMILES string of the molecule is CCc1nc(C(C)(N)CC)sc1C(=O)O. The summed E-state index contributed by atoms with van der Waals surface area (Å²) in [5.74, 6) is -0.914. The maximum absolute atomic E-state index is 10.9. The number of hydrogen-bond acceptors (Lipinski definition) is 4. The highest BCUT2D eigenvalue weighted by atomic mass is 32.1. The molecule has 0 aliphatic rings. The van der Waals surface area contributed by atoms with Crippen molar-refractivity contribution in [3.8, 4) is 0 Å². The molecule has 1 aromatic rings. The van der Waals surface area contributed by atoms with E-state index in [2.05, 4.69) is 4.98 Å². The first-order valence-electron chi connectivity index (χ1n) is 4.94. The molecule has 84 valence electrons. The van der Waals surface area contributed by atoms with Gasteiger partial charge in [-0.2, -0.15) is 0 Å². The van der Waals surface area contributed by atoms with E-state index in [9.17, 15) is 4.79 Å². The molecule has 0 aliphatic carbocycles. The number of hydrogen-bond donors (Lipinski definition) is 2. The van der Waals surface area contributed by atoms with Gasteiger partial charge in [-0.25, -0.2) is 9.78 Å². The lowest BCUT2D eigenvalue weighted by atomic mass is 10.0. The average molecular weight is 228 g/mol. The van der Waals surface area contributed by atoms with Crippen LogP contribution in [0, 0.1) is 0 Å². The molecule has 1 unspecified atom stereocenters. The minimum absolute atomic E-state index is 0.317. The first-order valence-corrected chi connectivity index (χ1v) is 5.76. The van der Waals surface area contributed by atoms with Crippen molar-refractivity contribution in [2.75, 3.05) is 0 Å². The summed E-state index contributed by atoms with van der Waals surface area (Å²) in [5, 5.41) is 9.69. The predicted molar refractivity (Wildman–Crippen MR) is 60.3 cm³/mol. The predicted octanol–water partition coefficient (Wildman–Crippen LogP) is 1.99. The molecule has 4 nitrogen and oxygen atoms in total. The number of aromatic nitrogens is 1. The Labute approximate surface area is 93.1 Å². The molecule has 1 atom stereocenters. The molecule has 1 rings (SSSR count). The molecule has 0 amide bonds. The van der Waals surface area contributed by atoms with Gasteiger partial charge in [-0.1, -0.05) is 13.8 Å². The van der Waals surface area contributed by atoms with Crippen molar-refractivity contribution in [3.05, 3.63) is 15.6 Å². The van der Waals surface area contributed by atoms with Crippen molar-refractivity contribution in [2.45, 2.75) is 39.2 Å². The molecule has 0 spiro atoms. The van der Waals surface area contributed by atoms with Gasteiger partial charge in [-0.15, -0.1) is 11.3 Å². The van der Waals surface area contributed by atoms with Crippen molar-refractivity contribution in [1.82, 2.24) is 4.98 Å². The van der Waals surface area contributed by atoms with E-state index in [1.54, 1.807) is 0 Å². The van der Waals surface area contributed by atoms with Gasteiger partial charge in [-0.05, 0) is 19.8 Å². The van der Waals surface area contributed by atoms with Crippen LogP contribution >= 0.6 is 11.3 Å². The smallest absolute Gasteiger partial charge is 0.347 e. The Balaban J connectivity index is 3.19. The lowest BCUT2D eigenvalue weighted by Crippen LogP contribution is -2.31. The normalized spacial score (nSPS) is 14.9. The molecule has 5 heteroatoms. The van der Waals surface area contributed by atoms with Gasteiger partial charge in [0.25, 0.3) is 0 Å². The fourth-order valence-electron chi connectivity index (χ4n) is 1.15. The van der Waals surface area contributed by atoms with E-state index in [0.29, 0.717) is 22.0 Å². The van der Waals surface area contributed by atoms with Crippen LogP contribution in [0.1, 0.15) is 47.6 Å². The molecule has 0 aromatic carbocycles. The Kier molecular flexibility index (Phi) is 3.46. The maximum atomic E-state index is 10.9. The Bertz CT molecular complexity index is 371. The second kappa shape index (κ2) is 4.28. The van der Waals surface area contributed by atoms with Gasteiger partial charge in [0.05, 0.1) is 11.2 Å². The van der Waals surface area contributed by atoms with Crippen LogP contribution in [0.15, 0.2) is 0 Å². The highest BCUT2D eigenvalue weighted by Gasteiger charge is 2.26. The number of carboxylic acids is 1. The molecule has 0 radical (unpaired) electrons. The number of carboxylic acid groups (broad SMARTS) is 1. The van der Waals surface area contributed by atoms with E-state index in [1.807, 2.05) is 20.8 Å². The molecule has 0 fully saturated rings. The van der Waals surface area contributed by atoms with Crippen LogP contribution in [-0.2, 0) is 12.0 Å². The van der Waals surface area contributed by atoms with Crippen LogP contribution in [0.25, 0.3) is 0 Å². The monoisotopic (exact) mass is 228 g/mol. The van der Waals surface area contributed by atoms with Crippen molar-refractivity contribution < 1.29 is 9.90 Å². The van der Waals surface area contributed by atoms with Gasteiger partial charge < -0.3 is 10.8 Å². The second-order valence-electron chi connectivity index (χ2n) is 3.72. The van der Waals surface area contributed by atoms with Crippen molar-refractivity contribution >= 4 is 17.3 Å². The van der Waals surface area contributed by atoms with Crippen LogP contribution < -0.4 is 5.73 Å². The lowest BCUT2D eigenvalue weighted by molar-refractivity contribution is 0.0701. The van der Waals surface area contributed by atoms with Crippen molar-refractivity contribution in [1.29, 1.82) is 0 Å². The van der Waals surface area contributed by atoms with Gasteiger partial charge in [0, 0.05) is 0 Å². The Hall–Kier alpha value is -0.940. The summed E-state index contributed by atoms with van der Waals surface area (Å²) in [5.41, 5.74) is 6.14. The van der Waals surface area contributed by atoms with Crippen molar-refractivity contribution in [2.24, 2.45) is 5.73 Å². The van der Waals surface area contributed by atoms with E-state index in [1.165, 1.54) is 11.3 Å². The standard InChI is InChI=1S/C10H16N2O2S/c1-4-6-7(8(13)14)15-9(12-6)10(3,11)5-2/h4-5,11H2,1-3H3,(H,13,14). The molecule has 1 aromatic heterocycles. The van der Waals surface area contributed by atoms with Gasteiger partial charge in [0.1, 0.15) is 9.88 Å². The molecule has 0 aliphatic heterocycles. The van der Waals surface area contributed by atoms with Crippen LogP contribution in [-0.4, -0.2) is 16.1 Å². The molecular formula is C10H16N2O2S. The summed E-state index contributed by atoms with van der Waals surface area (Å²) in [6.07, 6.45) is 1.36. The molecule has 3 N–H and O–H groups in total. The molecule has 0 saturated carbocycles. The molecule has 1 heterocycles. The maximum Gasteiger partial charge on any atom is 0.347 e. The number of nitrogens with zero attached hydrogens (tertiary/aromatic N) is 1. The number of rotatable bonds is 4. The Morgan fingerprint density at radius 2 is 2.20 bits per heavy atom. The van der Waals surface area contributed by atoms with E-state index >= 15 is 0 Å². The lowest BCUT2D eigenvalue weighted by Gasteiger charge is -2.18. The highest BCUT2D eigenvalue weighted by Crippen LogP contribution is 2.28. The highest BCUT2D eigenvalue weighted by molar-refractivity contribution is 7.13. The third-order valence-electron chi connectivity index (χ3n) is 2.45. The zero-order chi connectivity index (χ0) is 11.6. The third kappa shape index (κ3) is 2.35. The van der Waals surface area contributed by atoms with Gasteiger partial charge >= 0.3 is 5.97 Å². The van der Waals surface area contributed by atoms with E-state index in [0.717, 1.165) is 6.42 Å². The fraction of sp³-hybridized carbons (Fsp3) is 0.600. The Morgan fingerprint density at radius 1 is 1.60 bits per heavy atom. The zero-order valence-electron chi connectivity index (χ0n) is 9.20. The second-order valence-corrected chi connectivity index (χ2v) is 4.72. The summed E-state index contributed by atoms with van der Waals surface area (Å²) in [4.78, 5) is 15.6. The summed E-state index contributed by atoms with van der Waals surface area (Å²) >= 11 is 1.19. The topological polar surface area (TPSA) is 76.2 Å². The first kappa shape index (κ1) is 12.1. The minimum atomic E-state index is -0.914. The van der Waals surface area contributed by atoms with E-state index < -0.39 is 11.5 Å². The number of thiazole rings is 1. The van der Waals surface area contributed by atoms with Crippen LogP contribution in [0.5, 0.6) is 0 Å². The minimum Gasteiger partial charge on any atom is -0.477 e. The summed E-state index contributed by atoms with van der Waals surface area (Å²) < 4.78 is 0. The van der Waals surface area contributed by atoms with Crippen LogP contribution in [0.3, 0.4) is 0 Å². The van der Waals surface area contributed by atoms with Crippen LogP contribution in [0.2, 0.25) is 0 Å². The third-order valence-corrected chi connectivity index (χ3v) is 3.81. The number of carbonyl (C=O) groups is 1. The molecule has 0 bridgehead atoms. The largest absolute Gasteiger partial charge is 0.477 e. The average Bonchev–Trinajstić information content (AvgIpc) is 2.62. The quantitative estimate of drug-likeness (QED) is 0.826. The number of aryl methyl sites for hydroxylation is 1. The fourth-order valence-corrected chi connectivity index (χ4v) is 2.28. The molecule has 15 heavy (non-hydrogen) atoms. The van der Waals surface area contributed by atoms with Gasteiger partial charge in [-0.3, -0.25) is 0 Å². The molecular weight excluding hydrogens is 212 g/mol. The number of nitrogens with two attached hydrogens (primary N) is 1. The number of aromatic carboxylic acids is 1. The van der Waals surface area contributed by atoms with Gasteiger partial charge in [0.2, 0.25) is 0 Å². The first-order chi connectivity index (χ1) is 6.92. The zero-order valence-corrected chi connectivity index (χ0v) is 10.0. The Morgan fingerprint density at radius 3 is 2.53 bits per heavy atom. The van der Waals surface area contributed by atoms with Crippen molar-refractivity contribution in [3.63, 3.8) is 0 Å². The summed E-state index contributed by atoms with van der Waals surface area (Å²) in [6, 6.07) is 0. The van der Waals surface area contributed by atoms with E-state index in [-0.39, 0.29) is 0 Å². The van der Waals surface area contributed by atoms with Gasteiger partial charge in [0.15, 0.2) is 0 Å². The van der Waals surface area contributed by atoms with Crippen LogP contribution in [0.4, 0.5) is 0 Å². The summed E-state index contributed by atoms with van der Waals surface area (Å²) in [6.45, 7) is 5.73. The molecule has 0 saturated heterocycles.